The third-order valence-corrected chi connectivity index (χ3v) is 1.98. The first-order valence-electron chi connectivity index (χ1n) is 3.68. The van der Waals surface area contributed by atoms with Crippen molar-refractivity contribution in [2.24, 2.45) is 0 Å². The molecular formula is C7H11ClF3NS. The Labute approximate surface area is 84.7 Å². The predicted molar refractivity (Wildman–Crippen MR) is 51.2 cm³/mol. The summed E-state index contributed by atoms with van der Waals surface area (Å²) < 4.78 is 34.8. The van der Waals surface area contributed by atoms with Crippen molar-refractivity contribution in [1.29, 1.82) is 0 Å². The van der Waals surface area contributed by atoms with Gasteiger partial charge in [0.25, 0.3) is 0 Å². The number of thioether (sulfide) groups is 1. The number of rotatable bonds is 6. The van der Waals surface area contributed by atoms with Crippen LogP contribution in [0.15, 0.2) is 12.2 Å². The van der Waals surface area contributed by atoms with Crippen LogP contribution in [-0.4, -0.2) is 30.2 Å². The molecule has 0 bridgehead atoms. The smallest absolute Gasteiger partial charge is 0.312 e. The Hall–Kier alpha value is 0.130. The first-order valence-corrected chi connectivity index (χ1v) is 5.20. The fourth-order valence-corrected chi connectivity index (χ4v) is 1.17. The summed E-state index contributed by atoms with van der Waals surface area (Å²) in [5, 5.41) is 2.83. The lowest BCUT2D eigenvalue weighted by molar-refractivity contribution is -0.0327. The molecule has 0 rings (SSSR count). The topological polar surface area (TPSA) is 12.0 Å². The largest absolute Gasteiger partial charge is 0.441 e. The molecule has 78 valence electrons. The van der Waals surface area contributed by atoms with Crippen molar-refractivity contribution in [3.63, 3.8) is 0 Å². The zero-order valence-electron chi connectivity index (χ0n) is 6.90. The van der Waals surface area contributed by atoms with Gasteiger partial charge < -0.3 is 5.32 Å². The average Bonchev–Trinajstić information content (AvgIpc) is 2.01. The first kappa shape index (κ1) is 13.1. The number of hydrogen-bond donors (Lipinski definition) is 1. The van der Waals surface area contributed by atoms with Crippen molar-refractivity contribution in [2.45, 2.75) is 5.51 Å². The highest BCUT2D eigenvalue weighted by Gasteiger charge is 2.27. The molecule has 0 amide bonds. The summed E-state index contributed by atoms with van der Waals surface area (Å²) in [6, 6.07) is 0. The minimum atomic E-state index is -4.12. The van der Waals surface area contributed by atoms with Crippen LogP contribution >= 0.6 is 23.4 Å². The normalized spacial score (nSPS) is 12.6. The molecule has 0 fully saturated rings. The molecule has 1 nitrogen and oxygen atoms in total. The summed E-state index contributed by atoms with van der Waals surface area (Å²) in [6.07, 6.45) is 3.52. The fourth-order valence-electron chi connectivity index (χ4n) is 0.571. The van der Waals surface area contributed by atoms with Crippen LogP contribution in [0.2, 0.25) is 0 Å². The molecule has 0 aromatic heterocycles. The van der Waals surface area contributed by atoms with Crippen LogP contribution in [0.3, 0.4) is 0 Å². The molecule has 0 atom stereocenters. The van der Waals surface area contributed by atoms with Crippen LogP contribution in [-0.2, 0) is 0 Å². The average molecular weight is 234 g/mol. The number of hydrogen-bond acceptors (Lipinski definition) is 2. The lowest BCUT2D eigenvalue weighted by atomic mass is 10.5. The van der Waals surface area contributed by atoms with Crippen LogP contribution in [0.4, 0.5) is 13.2 Å². The Bertz CT molecular complexity index is 149. The summed E-state index contributed by atoms with van der Waals surface area (Å²) >= 11 is 5.32. The van der Waals surface area contributed by atoms with Crippen molar-refractivity contribution in [1.82, 2.24) is 5.32 Å². The van der Waals surface area contributed by atoms with Crippen molar-refractivity contribution in [2.75, 3.05) is 24.7 Å². The Morgan fingerprint density at radius 3 is 2.54 bits per heavy atom. The van der Waals surface area contributed by atoms with Gasteiger partial charge in [-0.15, -0.1) is 11.6 Å². The van der Waals surface area contributed by atoms with Gasteiger partial charge in [0.15, 0.2) is 0 Å². The third-order valence-electron chi connectivity index (χ3n) is 1.06. The highest BCUT2D eigenvalue weighted by Crippen LogP contribution is 2.29. The van der Waals surface area contributed by atoms with Gasteiger partial charge in [0, 0.05) is 24.7 Å². The highest BCUT2D eigenvalue weighted by molar-refractivity contribution is 8.00. The van der Waals surface area contributed by atoms with Gasteiger partial charge in [-0.25, -0.2) is 0 Å². The van der Waals surface area contributed by atoms with Crippen LogP contribution in [0, 0.1) is 0 Å². The molecule has 0 aliphatic rings. The summed E-state index contributed by atoms with van der Waals surface area (Å²) in [4.78, 5) is 0. The molecule has 0 aliphatic heterocycles. The van der Waals surface area contributed by atoms with Gasteiger partial charge in [0.1, 0.15) is 0 Å². The van der Waals surface area contributed by atoms with E-state index in [0.29, 0.717) is 19.0 Å². The standard InChI is InChI=1S/C7H11ClF3NS/c8-3-1-2-4-12-5-6-13-7(9,10)11/h1-2,12H,3-6H2/b2-1+. The zero-order valence-corrected chi connectivity index (χ0v) is 8.48. The van der Waals surface area contributed by atoms with Crippen molar-refractivity contribution < 1.29 is 13.2 Å². The van der Waals surface area contributed by atoms with E-state index in [1.54, 1.807) is 12.2 Å². The van der Waals surface area contributed by atoms with E-state index in [9.17, 15) is 13.2 Å². The molecule has 6 heteroatoms. The molecule has 0 saturated heterocycles. The van der Waals surface area contributed by atoms with Gasteiger partial charge >= 0.3 is 5.51 Å². The molecule has 0 aromatic carbocycles. The van der Waals surface area contributed by atoms with Crippen LogP contribution in [0.1, 0.15) is 0 Å². The maximum absolute atomic E-state index is 11.6. The first-order chi connectivity index (χ1) is 6.06. The second kappa shape index (κ2) is 7.53. The van der Waals surface area contributed by atoms with E-state index in [1.165, 1.54) is 0 Å². The quantitative estimate of drug-likeness (QED) is 0.430. The van der Waals surface area contributed by atoms with Crippen molar-refractivity contribution >= 4 is 23.4 Å². The van der Waals surface area contributed by atoms with Gasteiger partial charge in [0.05, 0.1) is 0 Å². The van der Waals surface area contributed by atoms with E-state index < -0.39 is 5.51 Å². The SMILES string of the molecule is FC(F)(F)SCCNC/C=C/CCl. The minimum Gasteiger partial charge on any atom is -0.312 e. The molecule has 0 aliphatic carbocycles. The van der Waals surface area contributed by atoms with Crippen molar-refractivity contribution in [3.05, 3.63) is 12.2 Å². The van der Waals surface area contributed by atoms with E-state index in [1.807, 2.05) is 0 Å². The molecule has 0 unspecified atom stereocenters. The van der Waals surface area contributed by atoms with Gasteiger partial charge in [-0.2, -0.15) is 13.2 Å². The lowest BCUT2D eigenvalue weighted by Gasteiger charge is -2.04. The van der Waals surface area contributed by atoms with Crippen LogP contribution in [0.5, 0.6) is 0 Å². The summed E-state index contributed by atoms with van der Waals surface area (Å²) in [5.74, 6) is 0.469. The number of alkyl halides is 4. The minimum absolute atomic E-state index is 0.0153. The van der Waals surface area contributed by atoms with E-state index >= 15 is 0 Å². The second-order valence-electron chi connectivity index (χ2n) is 2.12. The maximum atomic E-state index is 11.6. The third kappa shape index (κ3) is 12.1. The molecule has 0 saturated carbocycles. The molecule has 1 N–H and O–H groups in total. The number of nitrogens with one attached hydrogen (secondary N) is 1. The molecule has 0 heterocycles. The summed E-state index contributed by atoms with van der Waals surface area (Å²) in [7, 11) is 0. The number of allylic oxidation sites excluding steroid dienone is 1. The van der Waals surface area contributed by atoms with Crippen LogP contribution in [0.25, 0.3) is 0 Å². The summed E-state index contributed by atoms with van der Waals surface area (Å²) in [6.45, 7) is 0.905. The molecule has 0 spiro atoms. The van der Waals surface area contributed by atoms with E-state index in [0.717, 1.165) is 0 Å². The maximum Gasteiger partial charge on any atom is 0.441 e. The van der Waals surface area contributed by atoms with E-state index in [-0.39, 0.29) is 17.5 Å². The van der Waals surface area contributed by atoms with E-state index in [2.05, 4.69) is 5.32 Å². The molecule has 0 aromatic rings. The number of halogens is 4. The summed E-state index contributed by atoms with van der Waals surface area (Å²) in [5.41, 5.74) is -4.12. The zero-order chi connectivity index (χ0) is 10.2. The molecule has 0 radical (unpaired) electrons. The Balaban J connectivity index is 3.13. The monoisotopic (exact) mass is 233 g/mol. The van der Waals surface area contributed by atoms with Crippen molar-refractivity contribution in [3.8, 4) is 0 Å². The Morgan fingerprint density at radius 2 is 2.00 bits per heavy atom. The highest BCUT2D eigenvalue weighted by atomic mass is 35.5. The lowest BCUT2D eigenvalue weighted by Crippen LogP contribution is -2.18. The van der Waals surface area contributed by atoms with Gasteiger partial charge in [-0.1, -0.05) is 12.2 Å². The molecule has 13 heavy (non-hydrogen) atoms. The van der Waals surface area contributed by atoms with Crippen LogP contribution < -0.4 is 5.32 Å². The Morgan fingerprint density at radius 1 is 1.31 bits per heavy atom. The second-order valence-corrected chi connectivity index (χ2v) is 3.59. The Kier molecular flexibility index (Phi) is 7.60. The van der Waals surface area contributed by atoms with Gasteiger partial charge in [-0.05, 0) is 11.8 Å². The predicted octanol–water partition coefficient (Wildman–Crippen LogP) is 2.62. The van der Waals surface area contributed by atoms with E-state index in [4.69, 9.17) is 11.6 Å². The molecular weight excluding hydrogens is 223 g/mol. The fraction of sp³-hybridized carbons (Fsp3) is 0.714. The van der Waals surface area contributed by atoms with Gasteiger partial charge in [0.2, 0.25) is 0 Å². The van der Waals surface area contributed by atoms with Gasteiger partial charge in [-0.3, -0.25) is 0 Å².